The van der Waals surface area contributed by atoms with Crippen LogP contribution in [0.3, 0.4) is 0 Å². The Bertz CT molecular complexity index is 892. The molecule has 3 aromatic rings. The van der Waals surface area contributed by atoms with Gasteiger partial charge in [-0.1, -0.05) is 45.2 Å². The number of benzene rings is 1. The summed E-state index contributed by atoms with van der Waals surface area (Å²) in [5.41, 5.74) is 2.17. The summed E-state index contributed by atoms with van der Waals surface area (Å²) < 4.78 is 2.49. The molecule has 0 aliphatic carbocycles. The zero-order valence-electron chi connectivity index (χ0n) is 11.4. The number of anilines is 1. The first-order valence-electron chi connectivity index (χ1n) is 6.36. The Labute approximate surface area is 145 Å². The summed E-state index contributed by atoms with van der Waals surface area (Å²) in [6.07, 6.45) is 1.62. The second-order valence-corrected chi connectivity index (χ2v) is 6.47. The van der Waals surface area contributed by atoms with Gasteiger partial charge in [0.25, 0.3) is 5.91 Å². The van der Waals surface area contributed by atoms with E-state index < -0.39 is 0 Å². The quantitative estimate of drug-likeness (QED) is 0.662. The van der Waals surface area contributed by atoms with Crippen molar-refractivity contribution in [1.82, 2.24) is 9.38 Å². The van der Waals surface area contributed by atoms with E-state index in [0.717, 1.165) is 4.47 Å². The summed E-state index contributed by atoms with van der Waals surface area (Å²) in [6.45, 7) is 1.76. The second-order valence-electron chi connectivity index (χ2n) is 4.71. The molecule has 112 valence electrons. The van der Waals surface area contributed by atoms with Gasteiger partial charge in [0.05, 0.1) is 15.7 Å². The zero-order valence-corrected chi connectivity index (χ0v) is 14.5. The van der Waals surface area contributed by atoms with Gasteiger partial charge in [0, 0.05) is 16.4 Å². The SMILES string of the molecule is Cc1nc2c(Cl)cc(Cl)cn2c1C(=O)Nc1cccc(Br)c1. The molecular formula is C15H10BrCl2N3O. The van der Waals surface area contributed by atoms with Crippen LogP contribution < -0.4 is 5.32 Å². The standard InChI is InChI=1S/C15H10BrCl2N3O/c1-8-13(15(22)20-11-4-2-3-9(16)5-11)21-7-10(17)6-12(18)14(21)19-8/h2-7H,1H3,(H,20,22). The zero-order chi connectivity index (χ0) is 15.9. The summed E-state index contributed by atoms with van der Waals surface area (Å²) in [4.78, 5) is 16.9. The summed E-state index contributed by atoms with van der Waals surface area (Å²) in [6, 6.07) is 8.95. The minimum Gasteiger partial charge on any atom is -0.321 e. The lowest BCUT2D eigenvalue weighted by molar-refractivity contribution is 0.102. The number of nitrogens with one attached hydrogen (secondary N) is 1. The minimum absolute atomic E-state index is 0.276. The van der Waals surface area contributed by atoms with Crippen LogP contribution in [-0.4, -0.2) is 15.3 Å². The molecular weight excluding hydrogens is 389 g/mol. The number of pyridine rings is 1. The van der Waals surface area contributed by atoms with Crippen LogP contribution >= 0.6 is 39.1 Å². The first-order valence-corrected chi connectivity index (χ1v) is 7.91. The van der Waals surface area contributed by atoms with Gasteiger partial charge in [0.2, 0.25) is 0 Å². The Morgan fingerprint density at radius 2 is 2.09 bits per heavy atom. The highest BCUT2D eigenvalue weighted by atomic mass is 79.9. The fourth-order valence-corrected chi connectivity index (χ4v) is 3.13. The van der Waals surface area contributed by atoms with E-state index in [2.05, 4.69) is 26.2 Å². The normalized spacial score (nSPS) is 10.9. The number of nitrogens with zero attached hydrogens (tertiary/aromatic N) is 2. The molecule has 1 amide bonds. The molecule has 0 fully saturated rings. The topological polar surface area (TPSA) is 46.4 Å². The molecule has 2 heterocycles. The van der Waals surface area contributed by atoms with Crippen LogP contribution in [0, 0.1) is 6.92 Å². The van der Waals surface area contributed by atoms with Gasteiger partial charge in [-0.3, -0.25) is 9.20 Å². The summed E-state index contributed by atoms with van der Waals surface area (Å²) in [7, 11) is 0. The van der Waals surface area contributed by atoms with E-state index in [1.54, 1.807) is 29.7 Å². The lowest BCUT2D eigenvalue weighted by atomic mass is 10.3. The molecule has 0 aliphatic rings. The monoisotopic (exact) mass is 397 g/mol. The molecule has 0 radical (unpaired) electrons. The van der Waals surface area contributed by atoms with Crippen molar-refractivity contribution in [3.63, 3.8) is 0 Å². The number of fused-ring (bicyclic) bond motifs is 1. The molecule has 1 aromatic carbocycles. The highest BCUT2D eigenvalue weighted by Crippen LogP contribution is 2.25. The summed E-state index contributed by atoms with van der Waals surface area (Å²) in [5.74, 6) is -0.276. The Kier molecular flexibility index (Phi) is 4.12. The highest BCUT2D eigenvalue weighted by molar-refractivity contribution is 9.10. The van der Waals surface area contributed by atoms with E-state index in [0.29, 0.717) is 32.8 Å². The predicted molar refractivity (Wildman–Crippen MR) is 92.0 cm³/mol. The largest absolute Gasteiger partial charge is 0.321 e. The number of aryl methyl sites for hydroxylation is 1. The molecule has 3 rings (SSSR count). The van der Waals surface area contributed by atoms with Crippen molar-refractivity contribution in [2.75, 3.05) is 5.32 Å². The van der Waals surface area contributed by atoms with Gasteiger partial charge in [0.15, 0.2) is 5.65 Å². The van der Waals surface area contributed by atoms with E-state index in [4.69, 9.17) is 23.2 Å². The van der Waals surface area contributed by atoms with Crippen molar-refractivity contribution < 1.29 is 4.79 Å². The van der Waals surface area contributed by atoms with E-state index in [9.17, 15) is 4.79 Å². The predicted octanol–water partition coefficient (Wildman–Crippen LogP) is 4.96. The first kappa shape index (κ1) is 15.3. The smallest absolute Gasteiger partial charge is 0.274 e. The first-order chi connectivity index (χ1) is 10.5. The van der Waals surface area contributed by atoms with Crippen LogP contribution in [0.5, 0.6) is 0 Å². The molecule has 7 heteroatoms. The van der Waals surface area contributed by atoms with Crippen molar-refractivity contribution >= 4 is 56.4 Å². The van der Waals surface area contributed by atoms with E-state index >= 15 is 0 Å². The molecule has 1 N–H and O–H groups in total. The van der Waals surface area contributed by atoms with Crippen LogP contribution in [0.2, 0.25) is 10.0 Å². The van der Waals surface area contributed by atoms with E-state index in [1.165, 1.54) is 0 Å². The molecule has 0 spiro atoms. The van der Waals surface area contributed by atoms with Gasteiger partial charge in [-0.05, 0) is 31.2 Å². The Balaban J connectivity index is 2.06. The maximum atomic E-state index is 12.6. The fraction of sp³-hybridized carbons (Fsp3) is 0.0667. The third-order valence-electron chi connectivity index (χ3n) is 3.11. The molecule has 0 saturated heterocycles. The molecule has 22 heavy (non-hydrogen) atoms. The Morgan fingerprint density at radius 1 is 1.32 bits per heavy atom. The third kappa shape index (κ3) is 2.84. The van der Waals surface area contributed by atoms with Gasteiger partial charge in [-0.25, -0.2) is 4.98 Å². The molecule has 0 bridgehead atoms. The number of amides is 1. The fourth-order valence-electron chi connectivity index (χ4n) is 2.22. The lowest BCUT2D eigenvalue weighted by Crippen LogP contribution is -2.15. The van der Waals surface area contributed by atoms with Crippen LogP contribution in [0.15, 0.2) is 41.0 Å². The number of carbonyl (C=O) groups is 1. The van der Waals surface area contributed by atoms with Crippen LogP contribution in [-0.2, 0) is 0 Å². The average molecular weight is 399 g/mol. The molecule has 2 aromatic heterocycles. The van der Waals surface area contributed by atoms with Crippen LogP contribution in [0.1, 0.15) is 16.2 Å². The van der Waals surface area contributed by atoms with Gasteiger partial charge >= 0.3 is 0 Å². The van der Waals surface area contributed by atoms with E-state index in [1.807, 2.05) is 18.2 Å². The Morgan fingerprint density at radius 3 is 2.82 bits per heavy atom. The molecule has 0 atom stereocenters. The maximum absolute atomic E-state index is 12.6. The summed E-state index contributed by atoms with van der Waals surface area (Å²) >= 11 is 15.5. The summed E-state index contributed by atoms with van der Waals surface area (Å²) in [5, 5.41) is 3.68. The van der Waals surface area contributed by atoms with Crippen LogP contribution in [0.4, 0.5) is 5.69 Å². The van der Waals surface area contributed by atoms with Gasteiger partial charge < -0.3 is 5.32 Å². The van der Waals surface area contributed by atoms with Gasteiger partial charge in [-0.15, -0.1) is 0 Å². The highest BCUT2D eigenvalue weighted by Gasteiger charge is 2.18. The molecule has 4 nitrogen and oxygen atoms in total. The number of aromatic nitrogens is 2. The molecule has 0 aliphatic heterocycles. The minimum atomic E-state index is -0.276. The average Bonchev–Trinajstić information content (AvgIpc) is 2.75. The van der Waals surface area contributed by atoms with Crippen molar-refractivity contribution in [2.45, 2.75) is 6.92 Å². The number of hydrogen-bond donors (Lipinski definition) is 1. The maximum Gasteiger partial charge on any atom is 0.274 e. The lowest BCUT2D eigenvalue weighted by Gasteiger charge is -2.07. The van der Waals surface area contributed by atoms with Crippen LogP contribution in [0.25, 0.3) is 5.65 Å². The molecule has 0 saturated carbocycles. The number of carbonyl (C=O) groups excluding carboxylic acids is 1. The van der Waals surface area contributed by atoms with Gasteiger partial charge in [-0.2, -0.15) is 0 Å². The Hall–Kier alpha value is -1.56. The van der Waals surface area contributed by atoms with Crippen molar-refractivity contribution in [3.05, 3.63) is 62.4 Å². The third-order valence-corrected chi connectivity index (χ3v) is 4.09. The number of imidazole rings is 1. The second kappa shape index (κ2) is 5.91. The van der Waals surface area contributed by atoms with Crippen molar-refractivity contribution in [1.29, 1.82) is 0 Å². The van der Waals surface area contributed by atoms with Gasteiger partial charge in [0.1, 0.15) is 5.69 Å². The van der Waals surface area contributed by atoms with Crippen molar-refractivity contribution in [3.8, 4) is 0 Å². The number of hydrogen-bond acceptors (Lipinski definition) is 2. The van der Waals surface area contributed by atoms with Crippen molar-refractivity contribution in [2.24, 2.45) is 0 Å². The number of halogens is 3. The molecule has 0 unspecified atom stereocenters. The van der Waals surface area contributed by atoms with E-state index in [-0.39, 0.29) is 5.91 Å². The number of rotatable bonds is 2.